The average Bonchev–Trinajstić information content (AvgIpc) is 3.10. The molecule has 3 aromatic rings. The van der Waals surface area contributed by atoms with Gasteiger partial charge in [0.15, 0.2) is 0 Å². The second-order valence-corrected chi connectivity index (χ2v) is 8.97. The first-order chi connectivity index (χ1) is 13.9. The van der Waals surface area contributed by atoms with Gasteiger partial charge in [0.05, 0.1) is 28.5 Å². The number of aryl methyl sites for hydroxylation is 1. The van der Waals surface area contributed by atoms with Crippen molar-refractivity contribution >= 4 is 33.1 Å². The number of rotatable bonds is 4. The first-order valence-electron chi connectivity index (χ1n) is 10.1. The minimum absolute atomic E-state index is 0.00881. The van der Waals surface area contributed by atoms with Crippen molar-refractivity contribution in [1.82, 2.24) is 9.88 Å². The molecule has 6 heteroatoms. The van der Waals surface area contributed by atoms with E-state index in [0.29, 0.717) is 0 Å². The third kappa shape index (κ3) is 4.50. The molecule has 2 aromatic carbocycles. The van der Waals surface area contributed by atoms with Crippen molar-refractivity contribution in [3.8, 4) is 10.6 Å². The Morgan fingerprint density at radius 2 is 1.86 bits per heavy atom. The van der Waals surface area contributed by atoms with Gasteiger partial charge in [-0.3, -0.25) is 9.69 Å². The maximum absolute atomic E-state index is 12.7. The molecule has 1 aliphatic heterocycles. The Morgan fingerprint density at radius 3 is 2.55 bits per heavy atom. The third-order valence-electron chi connectivity index (χ3n) is 5.32. The molecular weight excluding hydrogens is 382 g/mol. The first-order valence-corrected chi connectivity index (χ1v) is 10.9. The number of nitrogens with zero attached hydrogens (tertiary/aromatic N) is 2. The van der Waals surface area contributed by atoms with Crippen LogP contribution in [-0.4, -0.2) is 47.1 Å². The molecule has 0 saturated carbocycles. The zero-order chi connectivity index (χ0) is 20.5. The van der Waals surface area contributed by atoms with Gasteiger partial charge in [0.1, 0.15) is 5.01 Å². The molecule has 3 atom stereocenters. The topological polar surface area (TPSA) is 54.5 Å². The molecule has 29 heavy (non-hydrogen) atoms. The van der Waals surface area contributed by atoms with Gasteiger partial charge < -0.3 is 10.1 Å². The molecule has 2 heterocycles. The molecule has 152 valence electrons. The van der Waals surface area contributed by atoms with Crippen molar-refractivity contribution in [3.63, 3.8) is 0 Å². The summed E-state index contributed by atoms with van der Waals surface area (Å²) >= 11 is 1.69. The van der Waals surface area contributed by atoms with Gasteiger partial charge in [0.25, 0.3) is 0 Å². The van der Waals surface area contributed by atoms with Crippen molar-refractivity contribution in [1.29, 1.82) is 0 Å². The van der Waals surface area contributed by atoms with Crippen molar-refractivity contribution < 1.29 is 9.53 Å². The van der Waals surface area contributed by atoms with E-state index in [4.69, 9.17) is 9.72 Å². The van der Waals surface area contributed by atoms with Crippen LogP contribution >= 0.6 is 11.3 Å². The number of thiazole rings is 1. The van der Waals surface area contributed by atoms with E-state index < -0.39 is 0 Å². The number of amides is 1. The highest BCUT2D eigenvalue weighted by Gasteiger charge is 2.29. The zero-order valence-electron chi connectivity index (χ0n) is 17.3. The Hall–Kier alpha value is -2.28. The molecule has 0 aliphatic carbocycles. The van der Waals surface area contributed by atoms with Crippen LogP contribution in [-0.2, 0) is 9.53 Å². The Bertz CT molecular complexity index is 1000. The van der Waals surface area contributed by atoms with Crippen LogP contribution in [0.2, 0.25) is 0 Å². The lowest BCUT2D eigenvalue weighted by molar-refractivity contribution is -0.126. The lowest BCUT2D eigenvalue weighted by atomic mass is 10.1. The Labute approximate surface area is 175 Å². The molecule has 5 nitrogen and oxygen atoms in total. The Kier molecular flexibility index (Phi) is 5.67. The van der Waals surface area contributed by atoms with E-state index in [1.807, 2.05) is 31.2 Å². The number of carbonyl (C=O) groups is 1. The highest BCUT2D eigenvalue weighted by molar-refractivity contribution is 7.21. The normalized spacial score (nSPS) is 21.2. The van der Waals surface area contributed by atoms with E-state index >= 15 is 0 Å². The second kappa shape index (κ2) is 8.22. The second-order valence-electron chi connectivity index (χ2n) is 7.94. The smallest absolute Gasteiger partial charge is 0.241 e. The fourth-order valence-electron chi connectivity index (χ4n) is 3.80. The summed E-state index contributed by atoms with van der Waals surface area (Å²) in [5.41, 5.74) is 4.13. The molecule has 1 aliphatic rings. The fraction of sp³-hybridized carbons (Fsp3) is 0.391. The summed E-state index contributed by atoms with van der Waals surface area (Å²) in [4.78, 5) is 19.6. The molecule has 0 unspecified atom stereocenters. The summed E-state index contributed by atoms with van der Waals surface area (Å²) in [5.74, 6) is 0.00881. The number of fused-ring (bicyclic) bond motifs is 1. The summed E-state index contributed by atoms with van der Waals surface area (Å²) in [6.07, 6.45) is 0.289. The van der Waals surface area contributed by atoms with Crippen LogP contribution < -0.4 is 5.32 Å². The van der Waals surface area contributed by atoms with Gasteiger partial charge in [-0.1, -0.05) is 6.07 Å². The van der Waals surface area contributed by atoms with E-state index in [1.165, 1.54) is 10.3 Å². The fourth-order valence-corrected chi connectivity index (χ4v) is 4.87. The lowest BCUT2D eigenvalue weighted by Gasteiger charge is -2.38. The minimum Gasteiger partial charge on any atom is -0.373 e. The molecule has 0 bridgehead atoms. The Morgan fingerprint density at radius 1 is 1.17 bits per heavy atom. The SMILES string of the molecule is Cc1ccc2nc(-c3ccc(NC(=O)[C@H](C)N4C[C@@H](C)O[C@H](C)C4)cc3)sc2c1. The number of hydrogen-bond acceptors (Lipinski definition) is 5. The number of carbonyl (C=O) groups excluding carboxylic acids is 1. The average molecular weight is 410 g/mol. The van der Waals surface area contributed by atoms with Gasteiger partial charge in [-0.25, -0.2) is 4.98 Å². The molecule has 0 radical (unpaired) electrons. The van der Waals surface area contributed by atoms with Crippen LogP contribution in [0.15, 0.2) is 42.5 Å². The predicted molar refractivity (Wildman–Crippen MR) is 119 cm³/mol. The number of benzene rings is 2. The van der Waals surface area contributed by atoms with Gasteiger partial charge in [-0.05, 0) is 69.7 Å². The number of hydrogen-bond donors (Lipinski definition) is 1. The molecule has 0 spiro atoms. The van der Waals surface area contributed by atoms with E-state index in [-0.39, 0.29) is 24.2 Å². The molecule has 1 fully saturated rings. The zero-order valence-corrected chi connectivity index (χ0v) is 18.1. The third-order valence-corrected chi connectivity index (χ3v) is 6.39. The molecule has 1 saturated heterocycles. The molecule has 1 aromatic heterocycles. The highest BCUT2D eigenvalue weighted by atomic mass is 32.1. The number of aromatic nitrogens is 1. The van der Waals surface area contributed by atoms with Crippen LogP contribution in [0.5, 0.6) is 0 Å². The number of ether oxygens (including phenoxy) is 1. The van der Waals surface area contributed by atoms with Gasteiger partial charge in [0, 0.05) is 24.3 Å². The highest BCUT2D eigenvalue weighted by Crippen LogP contribution is 2.31. The molecule has 1 amide bonds. The van der Waals surface area contributed by atoms with Gasteiger partial charge in [-0.15, -0.1) is 11.3 Å². The van der Waals surface area contributed by atoms with Crippen molar-refractivity contribution in [3.05, 3.63) is 48.0 Å². The standard InChI is InChI=1S/C23H27N3O2S/c1-14-5-10-20-21(11-14)29-23(25-20)18-6-8-19(9-7-18)24-22(27)17(4)26-12-15(2)28-16(3)13-26/h5-11,15-17H,12-13H2,1-4H3,(H,24,27)/t15-,16-,17+/m1/s1. The summed E-state index contributed by atoms with van der Waals surface area (Å²) in [6.45, 7) is 9.70. The van der Waals surface area contributed by atoms with Gasteiger partial charge >= 0.3 is 0 Å². The summed E-state index contributed by atoms with van der Waals surface area (Å²) < 4.78 is 6.96. The summed E-state index contributed by atoms with van der Waals surface area (Å²) in [5, 5.41) is 4.04. The summed E-state index contributed by atoms with van der Waals surface area (Å²) in [6, 6.07) is 14.0. The van der Waals surface area contributed by atoms with Crippen LogP contribution in [0.25, 0.3) is 20.8 Å². The van der Waals surface area contributed by atoms with Crippen LogP contribution in [0.3, 0.4) is 0 Å². The van der Waals surface area contributed by atoms with E-state index in [1.54, 1.807) is 11.3 Å². The monoisotopic (exact) mass is 409 g/mol. The number of morpholine rings is 1. The first kappa shape index (κ1) is 20.0. The van der Waals surface area contributed by atoms with E-state index in [9.17, 15) is 4.79 Å². The van der Waals surface area contributed by atoms with Crippen LogP contribution in [0, 0.1) is 6.92 Å². The maximum atomic E-state index is 12.7. The van der Waals surface area contributed by atoms with Crippen molar-refractivity contribution in [2.45, 2.75) is 45.9 Å². The molecule has 1 N–H and O–H groups in total. The van der Waals surface area contributed by atoms with E-state index in [0.717, 1.165) is 34.9 Å². The van der Waals surface area contributed by atoms with Crippen LogP contribution in [0.4, 0.5) is 5.69 Å². The molecule has 4 rings (SSSR count). The van der Waals surface area contributed by atoms with Gasteiger partial charge in [-0.2, -0.15) is 0 Å². The molecular formula is C23H27N3O2S. The predicted octanol–water partition coefficient (Wildman–Crippen LogP) is 4.71. The number of nitrogens with one attached hydrogen (secondary N) is 1. The quantitative estimate of drug-likeness (QED) is 0.678. The van der Waals surface area contributed by atoms with Crippen molar-refractivity contribution in [2.24, 2.45) is 0 Å². The van der Waals surface area contributed by atoms with Crippen molar-refractivity contribution in [2.75, 3.05) is 18.4 Å². The largest absolute Gasteiger partial charge is 0.373 e. The Balaban J connectivity index is 1.44. The summed E-state index contributed by atoms with van der Waals surface area (Å²) in [7, 11) is 0. The maximum Gasteiger partial charge on any atom is 0.241 e. The minimum atomic E-state index is -0.198. The van der Waals surface area contributed by atoms with E-state index in [2.05, 4.69) is 49.2 Å². The lowest BCUT2D eigenvalue weighted by Crippen LogP contribution is -2.52. The van der Waals surface area contributed by atoms with Crippen LogP contribution in [0.1, 0.15) is 26.3 Å². The van der Waals surface area contributed by atoms with Gasteiger partial charge in [0.2, 0.25) is 5.91 Å². The number of anilines is 1.